The summed E-state index contributed by atoms with van der Waals surface area (Å²) in [6.45, 7) is 10.0. The highest BCUT2D eigenvalue weighted by atomic mass is 32.9. The molecule has 0 rings (SSSR count). The molecule has 0 saturated carbocycles. The van der Waals surface area contributed by atoms with Crippen LogP contribution in [0.15, 0.2) is 4.99 Å². The summed E-state index contributed by atoms with van der Waals surface area (Å²) in [7, 11) is 0. The van der Waals surface area contributed by atoms with Gasteiger partial charge in [-0.1, -0.05) is 39.1 Å². The minimum atomic E-state index is -1.98. The quantitative estimate of drug-likeness (QED) is 0.396. The monoisotopic (exact) mass is 282 g/mol. The third kappa shape index (κ3) is 8.57. The predicted molar refractivity (Wildman–Crippen MR) is 80.0 cm³/mol. The van der Waals surface area contributed by atoms with Crippen molar-refractivity contribution in [2.45, 2.75) is 45.8 Å². The van der Waals surface area contributed by atoms with E-state index in [-0.39, 0.29) is 0 Å². The van der Waals surface area contributed by atoms with E-state index in [0.29, 0.717) is 11.9 Å². The normalized spacial score (nSPS) is 15.6. The average Bonchev–Trinajstić information content (AvgIpc) is 2.21. The van der Waals surface area contributed by atoms with E-state index in [2.05, 4.69) is 37.8 Å². The molecule has 0 aromatic rings. The number of nitrogens with zero attached hydrogens (tertiary/aromatic N) is 1. The molecule has 16 heavy (non-hydrogen) atoms. The maximum Gasteiger partial charge on any atom is 0.211 e. The summed E-state index contributed by atoms with van der Waals surface area (Å²) in [5, 5.41) is 3.64. The fourth-order valence-corrected chi connectivity index (χ4v) is 6.60. The predicted octanol–water partition coefficient (Wildman–Crippen LogP) is 3.81. The first kappa shape index (κ1) is 16.4. The zero-order valence-electron chi connectivity index (χ0n) is 10.6. The van der Waals surface area contributed by atoms with E-state index in [1.165, 1.54) is 0 Å². The Balaban J connectivity index is 4.23. The van der Waals surface area contributed by atoms with Crippen LogP contribution in [-0.4, -0.2) is 24.7 Å². The first-order chi connectivity index (χ1) is 7.54. The van der Waals surface area contributed by atoms with Crippen molar-refractivity contribution in [2.75, 3.05) is 13.2 Å². The molecule has 0 heterocycles. The summed E-state index contributed by atoms with van der Waals surface area (Å²) in [4.78, 5) is 4.22. The van der Waals surface area contributed by atoms with E-state index in [9.17, 15) is 0 Å². The van der Waals surface area contributed by atoms with Crippen LogP contribution in [-0.2, 0) is 16.3 Å². The molecule has 0 aliphatic heterocycles. The molecular weight excluding hydrogens is 259 g/mol. The van der Waals surface area contributed by atoms with Gasteiger partial charge in [-0.25, -0.2) is 0 Å². The summed E-state index contributed by atoms with van der Waals surface area (Å²) < 4.78 is 5.76. The Morgan fingerprint density at radius 1 is 1.44 bits per heavy atom. The van der Waals surface area contributed by atoms with Gasteiger partial charge in [0.25, 0.3) is 0 Å². The van der Waals surface area contributed by atoms with Crippen molar-refractivity contribution in [2.24, 2.45) is 4.99 Å². The van der Waals surface area contributed by atoms with Crippen LogP contribution >= 0.6 is 17.0 Å². The summed E-state index contributed by atoms with van der Waals surface area (Å²) in [6.07, 6.45) is 3.76. The third-order valence-corrected chi connectivity index (χ3v) is 7.27. The molecule has 0 fully saturated rings. The standard InChI is InChI=1S/C10H23N2OPS2/c1-5-7-11-9-12-14(15,13-8-6-2)16-10(3)4/h9-10H,5-8H2,1-4H3,(H,11,12,15). The highest BCUT2D eigenvalue weighted by Crippen LogP contribution is 2.57. The maximum absolute atomic E-state index is 5.76. The zero-order valence-corrected chi connectivity index (χ0v) is 13.1. The number of hydrogen-bond acceptors (Lipinski definition) is 4. The van der Waals surface area contributed by atoms with Gasteiger partial charge in [0.05, 0.1) is 12.9 Å². The molecule has 96 valence electrons. The van der Waals surface area contributed by atoms with Crippen LogP contribution in [0.4, 0.5) is 0 Å². The van der Waals surface area contributed by atoms with Crippen LogP contribution in [0.25, 0.3) is 0 Å². The van der Waals surface area contributed by atoms with E-state index < -0.39 is 5.62 Å². The lowest BCUT2D eigenvalue weighted by Gasteiger charge is -2.22. The third-order valence-electron chi connectivity index (χ3n) is 1.47. The van der Waals surface area contributed by atoms with Crippen molar-refractivity contribution in [1.29, 1.82) is 0 Å². The Labute approximate surface area is 109 Å². The van der Waals surface area contributed by atoms with E-state index in [1.807, 2.05) is 0 Å². The van der Waals surface area contributed by atoms with E-state index in [1.54, 1.807) is 17.7 Å². The van der Waals surface area contributed by atoms with Crippen LogP contribution < -0.4 is 5.09 Å². The van der Waals surface area contributed by atoms with Crippen molar-refractivity contribution >= 4 is 35.1 Å². The number of rotatable bonds is 9. The molecule has 0 bridgehead atoms. The van der Waals surface area contributed by atoms with E-state index in [0.717, 1.165) is 19.4 Å². The van der Waals surface area contributed by atoms with Crippen molar-refractivity contribution in [3.63, 3.8) is 0 Å². The van der Waals surface area contributed by atoms with E-state index >= 15 is 0 Å². The van der Waals surface area contributed by atoms with Crippen molar-refractivity contribution in [3.8, 4) is 0 Å². The Bertz CT molecular complexity index is 247. The molecule has 0 radical (unpaired) electrons. The fraction of sp³-hybridized carbons (Fsp3) is 0.900. The first-order valence-electron chi connectivity index (χ1n) is 5.73. The van der Waals surface area contributed by atoms with Crippen molar-refractivity contribution in [3.05, 3.63) is 0 Å². The van der Waals surface area contributed by atoms with Crippen LogP contribution in [0.1, 0.15) is 40.5 Å². The fourth-order valence-electron chi connectivity index (χ4n) is 0.892. The molecule has 1 unspecified atom stereocenters. The lowest BCUT2D eigenvalue weighted by molar-refractivity contribution is 0.356. The molecule has 0 spiro atoms. The van der Waals surface area contributed by atoms with Gasteiger partial charge in [-0.15, -0.1) is 0 Å². The van der Waals surface area contributed by atoms with Crippen LogP contribution in [0.2, 0.25) is 0 Å². The molecule has 0 aliphatic rings. The van der Waals surface area contributed by atoms with Gasteiger partial charge in [0.15, 0.2) is 0 Å². The second-order valence-electron chi connectivity index (χ2n) is 3.65. The minimum absolute atomic E-state index is 0.467. The topological polar surface area (TPSA) is 33.6 Å². The second kappa shape index (κ2) is 9.46. The molecule has 0 aromatic carbocycles. The largest absolute Gasteiger partial charge is 0.326 e. The van der Waals surface area contributed by atoms with Crippen LogP contribution in [0.5, 0.6) is 0 Å². The van der Waals surface area contributed by atoms with Crippen LogP contribution in [0, 0.1) is 0 Å². The highest BCUT2D eigenvalue weighted by Gasteiger charge is 2.18. The number of nitrogens with one attached hydrogen (secondary N) is 1. The van der Waals surface area contributed by atoms with Gasteiger partial charge in [0.2, 0.25) is 5.62 Å². The van der Waals surface area contributed by atoms with Crippen molar-refractivity contribution < 1.29 is 4.52 Å². The van der Waals surface area contributed by atoms with E-state index in [4.69, 9.17) is 16.3 Å². The molecule has 0 amide bonds. The smallest absolute Gasteiger partial charge is 0.211 e. The maximum atomic E-state index is 5.76. The van der Waals surface area contributed by atoms with Gasteiger partial charge in [-0.2, -0.15) is 0 Å². The summed E-state index contributed by atoms with van der Waals surface area (Å²) in [5.74, 6) is 0. The summed E-state index contributed by atoms with van der Waals surface area (Å²) in [5.41, 5.74) is -1.98. The molecule has 3 nitrogen and oxygen atoms in total. The van der Waals surface area contributed by atoms with Gasteiger partial charge in [0.1, 0.15) is 0 Å². The Morgan fingerprint density at radius 3 is 2.62 bits per heavy atom. The number of hydrogen-bond donors (Lipinski definition) is 1. The van der Waals surface area contributed by atoms with Gasteiger partial charge in [-0.3, -0.25) is 4.99 Å². The highest BCUT2D eigenvalue weighted by molar-refractivity contribution is 8.69. The van der Waals surface area contributed by atoms with Gasteiger partial charge in [0, 0.05) is 11.8 Å². The van der Waals surface area contributed by atoms with Gasteiger partial charge in [-0.05, 0) is 24.6 Å². The average molecular weight is 282 g/mol. The lowest BCUT2D eigenvalue weighted by Crippen LogP contribution is -2.10. The molecular formula is C10H23N2OPS2. The second-order valence-corrected chi connectivity index (χ2v) is 10.7. The molecule has 0 saturated heterocycles. The van der Waals surface area contributed by atoms with Crippen molar-refractivity contribution in [1.82, 2.24) is 5.09 Å². The number of aliphatic imine (C=N–C) groups is 1. The Morgan fingerprint density at radius 2 is 2.12 bits per heavy atom. The van der Waals surface area contributed by atoms with Gasteiger partial charge < -0.3 is 9.61 Å². The molecule has 1 N–H and O–H groups in total. The Hall–Kier alpha value is 0.430. The van der Waals surface area contributed by atoms with Gasteiger partial charge >= 0.3 is 0 Å². The minimum Gasteiger partial charge on any atom is -0.326 e. The first-order valence-corrected chi connectivity index (χ1v) is 9.93. The molecule has 0 aliphatic carbocycles. The Kier molecular flexibility index (Phi) is 9.71. The lowest BCUT2D eigenvalue weighted by atomic mass is 10.5. The summed E-state index contributed by atoms with van der Waals surface area (Å²) in [6, 6.07) is 0. The summed E-state index contributed by atoms with van der Waals surface area (Å²) >= 11 is 7.24. The molecule has 0 aromatic heterocycles. The molecule has 1 atom stereocenters. The zero-order chi connectivity index (χ0) is 12.4. The SMILES string of the molecule is CCCN=CNP(=S)(OCCC)SC(C)C. The molecule has 6 heteroatoms. The van der Waals surface area contributed by atoms with Crippen LogP contribution in [0.3, 0.4) is 0 Å².